The number of aromatic amines is 1. The zero-order valence-corrected chi connectivity index (χ0v) is 21.3. The molecule has 2 aromatic heterocycles. The monoisotopic (exact) mass is 499 g/mol. The topological polar surface area (TPSA) is 15.8 Å². The minimum atomic E-state index is 1.20. The number of hydrogen-bond acceptors (Lipinski definition) is 1. The van der Waals surface area contributed by atoms with E-state index in [0.717, 1.165) is 0 Å². The first-order valence-corrected chi connectivity index (χ1v) is 13.8. The molecule has 9 rings (SSSR count). The molecule has 0 amide bonds. The van der Waals surface area contributed by atoms with Crippen molar-refractivity contribution in [2.75, 3.05) is 0 Å². The molecule has 2 heteroatoms. The Morgan fingerprint density at radius 3 is 2.05 bits per heavy atom. The van der Waals surface area contributed by atoms with E-state index in [1.165, 1.54) is 85.4 Å². The molecule has 0 fully saturated rings. The van der Waals surface area contributed by atoms with Crippen LogP contribution in [0.25, 0.3) is 85.4 Å². The second kappa shape index (κ2) is 7.44. The first-order valence-electron chi connectivity index (χ1n) is 13.0. The van der Waals surface area contributed by atoms with E-state index in [1.807, 2.05) is 11.3 Å². The molecule has 0 bridgehead atoms. The maximum absolute atomic E-state index is 3.82. The quantitative estimate of drug-likeness (QED) is 0.231. The molecule has 0 aliphatic rings. The Kier molecular flexibility index (Phi) is 3.99. The summed E-state index contributed by atoms with van der Waals surface area (Å²) in [4.78, 5) is 3.82. The van der Waals surface area contributed by atoms with Gasteiger partial charge < -0.3 is 4.98 Å². The van der Waals surface area contributed by atoms with E-state index >= 15 is 0 Å². The van der Waals surface area contributed by atoms with Crippen molar-refractivity contribution < 1.29 is 0 Å². The smallest absolute Gasteiger partial charge is 0.0559 e. The summed E-state index contributed by atoms with van der Waals surface area (Å²) in [5.41, 5.74) is 5.00. The normalized spacial score (nSPS) is 12.2. The van der Waals surface area contributed by atoms with E-state index in [2.05, 4.69) is 126 Å². The van der Waals surface area contributed by atoms with Gasteiger partial charge in [0.1, 0.15) is 0 Å². The van der Waals surface area contributed by atoms with Crippen LogP contribution in [0.2, 0.25) is 0 Å². The van der Waals surface area contributed by atoms with Gasteiger partial charge in [-0.3, -0.25) is 0 Å². The summed E-state index contributed by atoms with van der Waals surface area (Å²) >= 11 is 1.94. The van der Waals surface area contributed by atoms with Gasteiger partial charge in [-0.05, 0) is 50.2 Å². The lowest BCUT2D eigenvalue weighted by molar-refractivity contribution is 1.57. The van der Waals surface area contributed by atoms with Crippen LogP contribution in [0.5, 0.6) is 0 Å². The lowest BCUT2D eigenvalue weighted by atomic mass is 9.96. The Labute approximate surface area is 222 Å². The molecule has 176 valence electrons. The molecule has 2 heterocycles. The first-order chi connectivity index (χ1) is 18.8. The van der Waals surface area contributed by atoms with E-state index in [9.17, 15) is 0 Å². The third kappa shape index (κ3) is 2.65. The van der Waals surface area contributed by atoms with Gasteiger partial charge in [-0.25, -0.2) is 0 Å². The predicted octanol–water partition coefficient (Wildman–Crippen LogP) is 10.8. The molecule has 0 radical (unpaired) electrons. The van der Waals surface area contributed by atoms with Crippen LogP contribution in [0.4, 0.5) is 0 Å². The van der Waals surface area contributed by atoms with Gasteiger partial charge in [0.2, 0.25) is 0 Å². The Morgan fingerprint density at radius 1 is 0.447 bits per heavy atom. The Balaban J connectivity index is 1.51. The van der Waals surface area contributed by atoms with Crippen molar-refractivity contribution in [3.05, 3.63) is 121 Å². The Morgan fingerprint density at radius 2 is 1.16 bits per heavy atom. The van der Waals surface area contributed by atoms with Crippen LogP contribution in [0.1, 0.15) is 0 Å². The molecule has 0 saturated carbocycles. The van der Waals surface area contributed by atoms with Crippen LogP contribution < -0.4 is 0 Å². The number of nitrogens with one attached hydrogen (secondary N) is 1. The highest BCUT2D eigenvalue weighted by molar-refractivity contribution is 7.27. The molecule has 0 unspecified atom stereocenters. The van der Waals surface area contributed by atoms with Crippen LogP contribution in [0, 0.1) is 0 Å². The maximum atomic E-state index is 3.82. The second-order valence-corrected chi connectivity index (χ2v) is 11.2. The van der Waals surface area contributed by atoms with E-state index in [1.54, 1.807) is 0 Å². The van der Waals surface area contributed by atoms with E-state index in [4.69, 9.17) is 0 Å². The summed E-state index contributed by atoms with van der Waals surface area (Å²) in [6.45, 7) is 0. The van der Waals surface area contributed by atoms with Gasteiger partial charge in [-0.1, -0.05) is 109 Å². The van der Waals surface area contributed by atoms with E-state index in [0.29, 0.717) is 0 Å². The fourth-order valence-electron chi connectivity index (χ4n) is 6.46. The highest BCUT2D eigenvalue weighted by Gasteiger charge is 2.20. The summed E-state index contributed by atoms with van der Waals surface area (Å²) in [5.74, 6) is 0. The number of thiophene rings is 1. The van der Waals surface area contributed by atoms with Crippen LogP contribution in [-0.4, -0.2) is 4.98 Å². The zero-order chi connectivity index (χ0) is 24.8. The zero-order valence-electron chi connectivity index (χ0n) is 20.5. The van der Waals surface area contributed by atoms with Crippen molar-refractivity contribution in [3.8, 4) is 11.1 Å². The third-order valence-electron chi connectivity index (χ3n) is 8.16. The van der Waals surface area contributed by atoms with Gasteiger partial charge in [0.25, 0.3) is 0 Å². The van der Waals surface area contributed by atoms with Crippen molar-refractivity contribution in [3.63, 3.8) is 0 Å². The summed E-state index contributed by atoms with van der Waals surface area (Å²) in [6.07, 6.45) is 0. The largest absolute Gasteiger partial charge is 0.354 e. The minimum absolute atomic E-state index is 1.20. The lowest BCUT2D eigenvalue weighted by Gasteiger charge is -2.06. The van der Waals surface area contributed by atoms with Crippen LogP contribution in [0.15, 0.2) is 121 Å². The molecule has 0 saturated heterocycles. The third-order valence-corrected chi connectivity index (χ3v) is 9.41. The number of hydrogen-bond donors (Lipinski definition) is 1. The summed E-state index contributed by atoms with van der Waals surface area (Å²) in [7, 11) is 0. The molecular weight excluding hydrogens is 478 g/mol. The standard InChI is InChI=1S/C36H21NS/c1-2-10-23-20-24(17-16-21(23)8-1)26-14-7-15-29-31-27-12-5-6-13-28(27)34-33(36(31)38-35(26)29)32-25-11-4-3-9-22(25)18-19-30(32)37-34/h1-20,37H. The predicted molar refractivity (Wildman–Crippen MR) is 167 cm³/mol. The molecule has 0 atom stereocenters. The average Bonchev–Trinajstić information content (AvgIpc) is 3.56. The SMILES string of the molecule is c1ccc2cc(-c3cccc4c3sc3c4c4ccccc4c4[nH]c5ccc6ccccc6c5c43)ccc2c1. The maximum Gasteiger partial charge on any atom is 0.0559 e. The summed E-state index contributed by atoms with van der Waals surface area (Å²) < 4.78 is 2.72. The number of fused-ring (bicyclic) bond motifs is 13. The van der Waals surface area contributed by atoms with Crippen molar-refractivity contribution in [2.45, 2.75) is 0 Å². The fraction of sp³-hybridized carbons (Fsp3) is 0. The molecule has 0 aliphatic heterocycles. The van der Waals surface area contributed by atoms with Crippen LogP contribution in [0.3, 0.4) is 0 Å². The van der Waals surface area contributed by atoms with Gasteiger partial charge in [0, 0.05) is 41.8 Å². The van der Waals surface area contributed by atoms with Gasteiger partial charge in [-0.2, -0.15) is 0 Å². The average molecular weight is 500 g/mol. The fourth-order valence-corrected chi connectivity index (χ4v) is 7.87. The molecule has 7 aromatic carbocycles. The molecule has 1 N–H and O–H groups in total. The number of rotatable bonds is 1. The van der Waals surface area contributed by atoms with Crippen molar-refractivity contribution in [1.82, 2.24) is 4.98 Å². The molecular formula is C36H21NS. The highest BCUT2D eigenvalue weighted by Crippen LogP contribution is 2.49. The number of benzene rings is 7. The van der Waals surface area contributed by atoms with E-state index in [-0.39, 0.29) is 0 Å². The molecule has 0 aliphatic carbocycles. The van der Waals surface area contributed by atoms with Gasteiger partial charge in [-0.15, -0.1) is 11.3 Å². The Bertz CT molecular complexity index is 2400. The van der Waals surface area contributed by atoms with Crippen molar-refractivity contribution >= 4 is 85.6 Å². The van der Waals surface area contributed by atoms with Crippen molar-refractivity contribution in [1.29, 1.82) is 0 Å². The number of H-pyrrole nitrogens is 1. The first kappa shape index (κ1) is 20.4. The molecule has 0 spiro atoms. The van der Waals surface area contributed by atoms with Crippen LogP contribution >= 0.6 is 11.3 Å². The minimum Gasteiger partial charge on any atom is -0.354 e. The molecule has 9 aromatic rings. The van der Waals surface area contributed by atoms with Gasteiger partial charge in [0.15, 0.2) is 0 Å². The highest BCUT2D eigenvalue weighted by atomic mass is 32.1. The molecule has 1 nitrogen and oxygen atoms in total. The molecule has 38 heavy (non-hydrogen) atoms. The summed E-state index contributed by atoms with van der Waals surface area (Å²) in [6, 6.07) is 44.4. The van der Waals surface area contributed by atoms with Crippen LogP contribution in [-0.2, 0) is 0 Å². The lowest BCUT2D eigenvalue weighted by Crippen LogP contribution is -1.80. The van der Waals surface area contributed by atoms with Crippen molar-refractivity contribution in [2.24, 2.45) is 0 Å². The Hall–Kier alpha value is -4.66. The van der Waals surface area contributed by atoms with Gasteiger partial charge >= 0.3 is 0 Å². The summed E-state index contributed by atoms with van der Waals surface area (Å²) in [5, 5.41) is 13.1. The second-order valence-electron chi connectivity index (χ2n) is 10.2. The van der Waals surface area contributed by atoms with Gasteiger partial charge in [0.05, 0.1) is 5.52 Å². The van der Waals surface area contributed by atoms with E-state index < -0.39 is 0 Å². The number of aromatic nitrogens is 1.